The van der Waals surface area contributed by atoms with Crippen LogP contribution in [0.4, 0.5) is 13.2 Å². The molecule has 1 atom stereocenters. The lowest BCUT2D eigenvalue weighted by Crippen LogP contribution is -2.51. The summed E-state index contributed by atoms with van der Waals surface area (Å²) in [5.41, 5.74) is 3.50. The standard InChI is InChI=1S/C47H54F3N5O7/c1-30-12-21-40(44(58)53-30)55-45(59)37-20-19-36(27-38(37)46(55)60)62-23-8-6-4-5-7-22-54(2)42(56)25-32-10-9-11-33(24-32)28-52-43(57)39-26-34(41(61-3)29-51-39)16-13-31-14-17-35(18-15-31)47(48,49)50/h9-11,13,16,19-20,24,26-27,29,31,35,40H,1,4-8,12,14-15,17-18,21-23,25,28H2,2-3H3,(H,52,57)(H,53,58)/b16-13+/t31-,35-,40?. The molecule has 6 rings (SSSR count). The Bertz CT molecular complexity index is 2180. The van der Waals surface area contributed by atoms with Crippen molar-refractivity contribution in [2.24, 2.45) is 11.8 Å². The highest BCUT2D eigenvalue weighted by atomic mass is 19.4. The normalized spacial score (nSPS) is 19.0. The van der Waals surface area contributed by atoms with Gasteiger partial charge < -0.3 is 25.0 Å². The second-order valence-corrected chi connectivity index (χ2v) is 16.3. The van der Waals surface area contributed by atoms with Gasteiger partial charge in [0.25, 0.3) is 17.7 Å². The summed E-state index contributed by atoms with van der Waals surface area (Å²) in [4.78, 5) is 71.7. The molecule has 1 unspecified atom stereocenters. The summed E-state index contributed by atoms with van der Waals surface area (Å²) in [5.74, 6) is -2.09. The number of alkyl halides is 3. The molecular formula is C47H54F3N5O7. The van der Waals surface area contributed by atoms with Crippen molar-refractivity contribution >= 4 is 35.6 Å². The molecule has 0 spiro atoms. The van der Waals surface area contributed by atoms with Crippen molar-refractivity contribution in [2.45, 2.75) is 95.8 Å². The van der Waals surface area contributed by atoms with Gasteiger partial charge in [-0.3, -0.25) is 28.9 Å². The minimum atomic E-state index is -4.16. The van der Waals surface area contributed by atoms with Crippen molar-refractivity contribution in [1.29, 1.82) is 0 Å². The van der Waals surface area contributed by atoms with Gasteiger partial charge in [-0.15, -0.1) is 0 Å². The molecule has 2 aromatic carbocycles. The number of unbranched alkanes of at least 4 members (excludes halogenated alkanes) is 4. The first-order valence-electron chi connectivity index (χ1n) is 21.2. The predicted molar refractivity (Wildman–Crippen MR) is 226 cm³/mol. The lowest BCUT2D eigenvalue weighted by Gasteiger charge is -2.29. The van der Waals surface area contributed by atoms with Crippen molar-refractivity contribution in [3.05, 3.63) is 107 Å². The summed E-state index contributed by atoms with van der Waals surface area (Å²) < 4.78 is 50.5. The first-order chi connectivity index (χ1) is 29.7. The molecule has 62 heavy (non-hydrogen) atoms. The zero-order valence-corrected chi connectivity index (χ0v) is 35.2. The topological polar surface area (TPSA) is 147 Å². The van der Waals surface area contributed by atoms with Crippen LogP contribution >= 0.6 is 0 Å². The van der Waals surface area contributed by atoms with E-state index in [1.807, 2.05) is 30.3 Å². The van der Waals surface area contributed by atoms with Crippen molar-refractivity contribution in [3.63, 3.8) is 0 Å². The predicted octanol–water partition coefficient (Wildman–Crippen LogP) is 7.82. The molecule has 330 valence electrons. The number of fused-ring (bicyclic) bond motifs is 1. The molecule has 3 heterocycles. The summed E-state index contributed by atoms with van der Waals surface area (Å²) in [6.45, 7) is 5.03. The van der Waals surface area contributed by atoms with Crippen molar-refractivity contribution < 1.29 is 46.6 Å². The van der Waals surface area contributed by atoms with Crippen molar-refractivity contribution in [2.75, 3.05) is 27.3 Å². The van der Waals surface area contributed by atoms with Gasteiger partial charge in [0.05, 0.1) is 43.4 Å². The second-order valence-electron chi connectivity index (χ2n) is 16.3. The van der Waals surface area contributed by atoms with Crippen LogP contribution < -0.4 is 20.1 Å². The third kappa shape index (κ3) is 11.7. The average molecular weight is 858 g/mol. The summed E-state index contributed by atoms with van der Waals surface area (Å²) in [6, 6.07) is 13.0. The number of carbonyl (C=O) groups is 5. The van der Waals surface area contributed by atoms with Crippen LogP contribution in [0.15, 0.2) is 73.1 Å². The fraction of sp³-hybridized carbons (Fsp3) is 0.447. The third-order valence-corrected chi connectivity index (χ3v) is 11.8. The molecule has 1 aromatic heterocycles. The molecule has 1 aliphatic carbocycles. The Labute approximate surface area is 359 Å². The number of rotatable bonds is 18. The Balaban J connectivity index is 0.870. The highest BCUT2D eigenvalue weighted by Gasteiger charge is 2.44. The molecule has 3 aromatic rings. The third-order valence-electron chi connectivity index (χ3n) is 11.8. The molecule has 0 radical (unpaired) electrons. The van der Waals surface area contributed by atoms with E-state index in [9.17, 15) is 37.1 Å². The summed E-state index contributed by atoms with van der Waals surface area (Å²) in [5, 5.41) is 5.51. The van der Waals surface area contributed by atoms with Crippen molar-refractivity contribution in [1.82, 2.24) is 25.4 Å². The number of amides is 5. The van der Waals surface area contributed by atoms with Gasteiger partial charge in [-0.05, 0) is 92.7 Å². The second kappa shape index (κ2) is 20.7. The Morgan fingerprint density at radius 2 is 1.68 bits per heavy atom. The molecule has 2 fully saturated rings. The maximum Gasteiger partial charge on any atom is 0.391 e. The number of hydrogen-bond acceptors (Lipinski definition) is 8. The van der Waals surface area contributed by atoms with Gasteiger partial charge in [0.2, 0.25) is 11.8 Å². The van der Waals surface area contributed by atoms with Gasteiger partial charge in [-0.1, -0.05) is 62.3 Å². The van der Waals surface area contributed by atoms with E-state index in [0.717, 1.165) is 48.1 Å². The smallest absolute Gasteiger partial charge is 0.391 e. The van der Waals surface area contributed by atoms with Crippen LogP contribution in [0.2, 0.25) is 0 Å². The first kappa shape index (κ1) is 45.5. The number of imide groups is 1. The van der Waals surface area contributed by atoms with Crippen LogP contribution in [-0.4, -0.2) is 83.8 Å². The molecule has 1 saturated carbocycles. The van der Waals surface area contributed by atoms with Gasteiger partial charge in [0.15, 0.2) is 0 Å². The molecule has 5 amide bonds. The number of ether oxygens (including phenoxy) is 2. The number of methoxy groups -OCH3 is 1. The average Bonchev–Trinajstić information content (AvgIpc) is 3.50. The number of aromatic nitrogens is 1. The molecular weight excluding hydrogens is 804 g/mol. The van der Waals surface area contributed by atoms with Crippen LogP contribution in [0.25, 0.3) is 6.08 Å². The van der Waals surface area contributed by atoms with Gasteiger partial charge in [0, 0.05) is 31.4 Å². The van der Waals surface area contributed by atoms with E-state index in [0.29, 0.717) is 61.6 Å². The van der Waals surface area contributed by atoms with Gasteiger partial charge >= 0.3 is 6.18 Å². The molecule has 0 bridgehead atoms. The van der Waals surface area contributed by atoms with Gasteiger partial charge in [0.1, 0.15) is 23.2 Å². The van der Waals surface area contributed by atoms with Crippen LogP contribution in [0, 0.1) is 11.8 Å². The molecule has 12 nitrogen and oxygen atoms in total. The number of likely N-dealkylation sites (N-methyl/N-ethyl adjacent to an activating group) is 1. The van der Waals surface area contributed by atoms with Crippen LogP contribution in [0.5, 0.6) is 11.5 Å². The van der Waals surface area contributed by atoms with Gasteiger partial charge in [-0.2, -0.15) is 13.2 Å². The zero-order valence-electron chi connectivity index (χ0n) is 35.2. The lowest BCUT2D eigenvalue weighted by atomic mass is 9.81. The van der Waals surface area contributed by atoms with Crippen LogP contribution in [-0.2, 0) is 22.6 Å². The number of piperidine rings is 1. The summed E-state index contributed by atoms with van der Waals surface area (Å²) >= 11 is 0. The molecule has 15 heteroatoms. The largest absolute Gasteiger partial charge is 0.495 e. The molecule has 2 aliphatic heterocycles. The molecule has 3 aliphatic rings. The number of nitrogens with one attached hydrogen (secondary N) is 2. The Kier molecular flexibility index (Phi) is 15.2. The van der Waals surface area contributed by atoms with E-state index in [2.05, 4.69) is 22.2 Å². The maximum absolute atomic E-state index is 13.1. The SMILES string of the molecule is C=C1CCC(N2C(=O)c3ccc(OCCCCCCCN(C)C(=O)Cc4cccc(CNC(=O)c5cc(/C=C/[C@H]6CC[C@H](C(F)(F)F)CC6)c(OC)cn5)c4)cc3C2=O)C(=O)N1. The number of pyridine rings is 1. The van der Waals surface area contributed by atoms with Crippen molar-refractivity contribution in [3.8, 4) is 11.5 Å². The Morgan fingerprint density at radius 1 is 0.952 bits per heavy atom. The first-order valence-corrected chi connectivity index (χ1v) is 21.2. The Morgan fingerprint density at radius 3 is 2.42 bits per heavy atom. The fourth-order valence-corrected chi connectivity index (χ4v) is 8.11. The fourth-order valence-electron chi connectivity index (χ4n) is 8.11. The van der Waals surface area contributed by atoms with E-state index in [1.165, 1.54) is 13.3 Å². The van der Waals surface area contributed by atoms with Crippen LogP contribution in [0.3, 0.4) is 0 Å². The summed E-state index contributed by atoms with van der Waals surface area (Å²) in [6.07, 6.45) is 7.59. The molecule has 1 saturated heterocycles. The number of allylic oxidation sites excluding steroid dienone is 2. The highest BCUT2D eigenvalue weighted by molar-refractivity contribution is 6.23. The Hall–Kier alpha value is -5.99. The lowest BCUT2D eigenvalue weighted by molar-refractivity contribution is -0.183. The van der Waals surface area contributed by atoms with E-state index in [1.54, 1.807) is 42.3 Å². The van der Waals surface area contributed by atoms with E-state index in [4.69, 9.17) is 9.47 Å². The summed E-state index contributed by atoms with van der Waals surface area (Å²) in [7, 11) is 3.28. The maximum atomic E-state index is 13.1. The minimum Gasteiger partial charge on any atom is -0.495 e. The van der Waals surface area contributed by atoms with Crippen LogP contribution in [0.1, 0.15) is 119 Å². The number of carbonyl (C=O) groups excluding carboxylic acids is 5. The van der Waals surface area contributed by atoms with E-state index < -0.39 is 41.8 Å². The number of nitrogens with zero attached hydrogens (tertiary/aromatic N) is 3. The molecule has 2 N–H and O–H groups in total. The highest BCUT2D eigenvalue weighted by Crippen LogP contribution is 2.40. The monoisotopic (exact) mass is 857 g/mol. The number of hydrogen-bond donors (Lipinski definition) is 2. The zero-order chi connectivity index (χ0) is 44.4. The minimum absolute atomic E-state index is 0.0118. The van der Waals surface area contributed by atoms with E-state index >= 15 is 0 Å². The quantitative estimate of drug-likeness (QED) is 0.0973. The number of halogens is 3. The number of benzene rings is 2. The van der Waals surface area contributed by atoms with E-state index in [-0.39, 0.29) is 54.5 Å². The van der Waals surface area contributed by atoms with Gasteiger partial charge in [-0.25, -0.2) is 4.98 Å².